The van der Waals surface area contributed by atoms with E-state index in [0.717, 1.165) is 0 Å². The first-order valence-electron chi connectivity index (χ1n) is 4.19. The van der Waals surface area contributed by atoms with Gasteiger partial charge in [-0.25, -0.2) is 4.39 Å². The molecule has 1 rings (SSSR count). The van der Waals surface area contributed by atoms with Gasteiger partial charge in [-0.05, 0) is 18.2 Å². The zero-order valence-corrected chi connectivity index (χ0v) is 8.43. The van der Waals surface area contributed by atoms with Crippen LogP contribution < -0.4 is 11.5 Å². The molecule has 0 aromatic heterocycles. The number of anilines is 1. The first-order chi connectivity index (χ1) is 6.61. The van der Waals surface area contributed by atoms with Crippen molar-refractivity contribution in [3.8, 4) is 0 Å². The Labute approximate surface area is 86.3 Å². The Bertz CT molecular complexity index is 289. The van der Waals surface area contributed by atoms with Gasteiger partial charge in [0.05, 0.1) is 6.10 Å². The van der Waals surface area contributed by atoms with E-state index in [1.807, 2.05) is 0 Å². The highest BCUT2D eigenvalue weighted by atomic mass is 32.2. The maximum Gasteiger partial charge on any atom is 0.126 e. The van der Waals surface area contributed by atoms with Crippen LogP contribution in [0, 0.1) is 5.82 Å². The number of nitrogens with two attached hydrogens (primary N) is 2. The van der Waals surface area contributed by atoms with Crippen LogP contribution in [0.2, 0.25) is 0 Å². The Morgan fingerprint density at radius 2 is 2.14 bits per heavy atom. The number of halogens is 1. The molecule has 14 heavy (non-hydrogen) atoms. The van der Waals surface area contributed by atoms with Gasteiger partial charge in [0.1, 0.15) is 5.82 Å². The van der Waals surface area contributed by atoms with Crippen molar-refractivity contribution in [2.75, 3.05) is 18.0 Å². The third kappa shape index (κ3) is 3.53. The van der Waals surface area contributed by atoms with Gasteiger partial charge >= 0.3 is 0 Å². The van der Waals surface area contributed by atoms with Crippen LogP contribution in [0.3, 0.4) is 0 Å². The van der Waals surface area contributed by atoms with Gasteiger partial charge in [-0.2, -0.15) is 0 Å². The highest BCUT2D eigenvalue weighted by Crippen LogP contribution is 2.22. The number of hydrogen-bond donors (Lipinski definition) is 3. The van der Waals surface area contributed by atoms with Gasteiger partial charge in [0.2, 0.25) is 0 Å². The summed E-state index contributed by atoms with van der Waals surface area (Å²) in [6.07, 6.45) is -0.565. The van der Waals surface area contributed by atoms with E-state index in [9.17, 15) is 9.50 Å². The molecule has 0 aliphatic rings. The maximum atomic E-state index is 12.9. The summed E-state index contributed by atoms with van der Waals surface area (Å²) in [7, 11) is 0. The van der Waals surface area contributed by atoms with Crippen molar-refractivity contribution >= 4 is 17.4 Å². The lowest BCUT2D eigenvalue weighted by atomic mass is 10.3. The standard InChI is InChI=1S/C9H13FN2OS/c10-6-1-7(12)3-9(2-6)14-5-8(13)4-11/h1-3,8,13H,4-5,11-12H2. The summed E-state index contributed by atoms with van der Waals surface area (Å²) < 4.78 is 12.9. The van der Waals surface area contributed by atoms with Crippen molar-refractivity contribution in [3.63, 3.8) is 0 Å². The molecule has 1 unspecified atom stereocenters. The Morgan fingerprint density at radius 3 is 2.71 bits per heavy atom. The van der Waals surface area contributed by atoms with Crippen molar-refractivity contribution in [1.82, 2.24) is 0 Å². The molecule has 0 aliphatic carbocycles. The second kappa shape index (κ2) is 5.19. The molecule has 0 spiro atoms. The van der Waals surface area contributed by atoms with Crippen LogP contribution in [0.5, 0.6) is 0 Å². The SMILES string of the molecule is NCC(O)CSc1cc(N)cc(F)c1. The summed E-state index contributed by atoms with van der Waals surface area (Å²) in [6.45, 7) is 0.206. The van der Waals surface area contributed by atoms with E-state index in [1.165, 1.54) is 23.9 Å². The first-order valence-corrected chi connectivity index (χ1v) is 5.17. The van der Waals surface area contributed by atoms with Crippen molar-refractivity contribution in [3.05, 3.63) is 24.0 Å². The number of hydrogen-bond acceptors (Lipinski definition) is 4. The lowest BCUT2D eigenvalue weighted by Gasteiger charge is -2.07. The van der Waals surface area contributed by atoms with E-state index in [4.69, 9.17) is 11.5 Å². The first kappa shape index (κ1) is 11.3. The number of benzene rings is 1. The molecule has 0 saturated heterocycles. The number of nitrogen functional groups attached to an aromatic ring is 1. The fourth-order valence-electron chi connectivity index (χ4n) is 0.928. The monoisotopic (exact) mass is 216 g/mol. The molecule has 78 valence electrons. The zero-order chi connectivity index (χ0) is 10.6. The van der Waals surface area contributed by atoms with E-state index in [2.05, 4.69) is 0 Å². The van der Waals surface area contributed by atoms with Crippen molar-refractivity contribution in [1.29, 1.82) is 0 Å². The molecular weight excluding hydrogens is 203 g/mol. The van der Waals surface area contributed by atoms with Crippen LogP contribution in [0.25, 0.3) is 0 Å². The van der Waals surface area contributed by atoms with E-state index < -0.39 is 6.10 Å². The number of aliphatic hydroxyl groups is 1. The van der Waals surface area contributed by atoms with Gasteiger partial charge in [0.25, 0.3) is 0 Å². The van der Waals surface area contributed by atoms with Crippen LogP contribution in [-0.4, -0.2) is 23.5 Å². The minimum Gasteiger partial charge on any atom is -0.399 e. The molecule has 1 atom stereocenters. The minimum absolute atomic E-state index is 0.206. The van der Waals surface area contributed by atoms with Gasteiger partial charge in [0, 0.05) is 22.9 Å². The quantitative estimate of drug-likeness (QED) is 0.514. The fraction of sp³-hybridized carbons (Fsp3) is 0.333. The Kier molecular flexibility index (Phi) is 4.19. The topological polar surface area (TPSA) is 72.3 Å². The van der Waals surface area contributed by atoms with Crippen LogP contribution >= 0.6 is 11.8 Å². The predicted octanol–water partition coefficient (Wildman–Crippen LogP) is 0.820. The molecule has 0 heterocycles. The van der Waals surface area contributed by atoms with Crippen LogP contribution in [0.1, 0.15) is 0 Å². The summed E-state index contributed by atoms with van der Waals surface area (Å²) in [5.41, 5.74) is 11.1. The molecule has 0 saturated carbocycles. The molecule has 0 radical (unpaired) electrons. The molecule has 0 aliphatic heterocycles. The Balaban J connectivity index is 2.58. The Hall–Kier alpha value is -0.780. The molecule has 3 nitrogen and oxygen atoms in total. The van der Waals surface area contributed by atoms with Crippen LogP contribution in [0.4, 0.5) is 10.1 Å². The van der Waals surface area contributed by atoms with Crippen LogP contribution in [-0.2, 0) is 0 Å². The van der Waals surface area contributed by atoms with Crippen molar-refractivity contribution < 1.29 is 9.50 Å². The second-order valence-electron chi connectivity index (χ2n) is 2.92. The van der Waals surface area contributed by atoms with E-state index in [1.54, 1.807) is 6.07 Å². The Morgan fingerprint density at radius 1 is 1.43 bits per heavy atom. The second-order valence-corrected chi connectivity index (χ2v) is 4.01. The number of thioether (sulfide) groups is 1. The largest absolute Gasteiger partial charge is 0.399 e. The lowest BCUT2D eigenvalue weighted by molar-refractivity contribution is 0.208. The summed E-state index contributed by atoms with van der Waals surface area (Å²) in [4.78, 5) is 0.704. The van der Waals surface area contributed by atoms with Gasteiger partial charge < -0.3 is 16.6 Å². The lowest BCUT2D eigenvalue weighted by Crippen LogP contribution is -2.21. The zero-order valence-electron chi connectivity index (χ0n) is 7.61. The molecule has 0 amide bonds. The van der Waals surface area contributed by atoms with Gasteiger partial charge in [-0.3, -0.25) is 0 Å². The average molecular weight is 216 g/mol. The molecule has 1 aromatic carbocycles. The molecule has 5 N–H and O–H groups in total. The number of aliphatic hydroxyl groups excluding tert-OH is 1. The van der Waals surface area contributed by atoms with E-state index in [-0.39, 0.29) is 12.4 Å². The van der Waals surface area contributed by atoms with Gasteiger partial charge in [-0.1, -0.05) is 0 Å². The van der Waals surface area contributed by atoms with E-state index >= 15 is 0 Å². The maximum absolute atomic E-state index is 12.9. The highest BCUT2D eigenvalue weighted by Gasteiger charge is 2.04. The smallest absolute Gasteiger partial charge is 0.126 e. The normalized spacial score (nSPS) is 12.8. The van der Waals surface area contributed by atoms with Gasteiger partial charge in [0.15, 0.2) is 0 Å². The fourth-order valence-corrected chi connectivity index (χ4v) is 1.86. The van der Waals surface area contributed by atoms with Crippen molar-refractivity contribution in [2.45, 2.75) is 11.0 Å². The summed E-state index contributed by atoms with van der Waals surface area (Å²) >= 11 is 1.33. The van der Waals surface area contributed by atoms with Crippen molar-refractivity contribution in [2.24, 2.45) is 5.73 Å². The van der Waals surface area contributed by atoms with Gasteiger partial charge in [-0.15, -0.1) is 11.8 Å². The molecule has 0 fully saturated rings. The minimum atomic E-state index is -0.565. The molecule has 1 aromatic rings. The third-order valence-electron chi connectivity index (χ3n) is 1.61. The van der Waals surface area contributed by atoms with Crippen LogP contribution in [0.15, 0.2) is 23.1 Å². The average Bonchev–Trinajstić information content (AvgIpc) is 2.12. The predicted molar refractivity (Wildman–Crippen MR) is 56.6 cm³/mol. The molecule has 0 bridgehead atoms. The highest BCUT2D eigenvalue weighted by molar-refractivity contribution is 7.99. The van der Waals surface area contributed by atoms with E-state index in [0.29, 0.717) is 16.3 Å². The number of rotatable bonds is 4. The third-order valence-corrected chi connectivity index (χ3v) is 2.73. The summed E-state index contributed by atoms with van der Waals surface area (Å²) in [5, 5.41) is 9.19. The summed E-state index contributed by atoms with van der Waals surface area (Å²) in [6, 6.07) is 4.30. The molecule has 5 heteroatoms. The summed E-state index contributed by atoms with van der Waals surface area (Å²) in [5.74, 6) is 0.0779. The molecular formula is C9H13FN2OS.